The first-order valence-corrected chi connectivity index (χ1v) is 13.0. The highest BCUT2D eigenvalue weighted by Crippen LogP contribution is 2.62. The molecule has 3 heteroatoms. The van der Waals surface area contributed by atoms with Crippen LogP contribution in [-0.4, -0.2) is 17.5 Å². The minimum atomic E-state index is -0.141. The number of fused-ring (bicyclic) bond motifs is 5. The Hall–Kier alpha value is -2.13. The van der Waals surface area contributed by atoms with Gasteiger partial charge < -0.3 is 9.84 Å². The molecule has 2 aromatic rings. The average molecular weight is 449 g/mol. The number of ketones is 1. The molecule has 2 saturated carbocycles. The molecule has 33 heavy (non-hydrogen) atoms. The molecule has 0 aliphatic heterocycles. The second-order valence-corrected chi connectivity index (χ2v) is 10.2. The SMILES string of the molecule is CC.CC12CCC3c4ccc(OCc5ccccc5)cc4CCC3C1C(CCCO)CC2=O. The van der Waals surface area contributed by atoms with Gasteiger partial charge in [0.15, 0.2) is 0 Å². The molecule has 0 heterocycles. The number of Topliss-reactive ketones (excluding diaryl/α,β-unsaturated/α-hetero) is 1. The van der Waals surface area contributed by atoms with Crippen LogP contribution in [0.15, 0.2) is 48.5 Å². The maximum atomic E-state index is 13.0. The van der Waals surface area contributed by atoms with Crippen molar-refractivity contribution in [1.29, 1.82) is 0 Å². The summed E-state index contributed by atoms with van der Waals surface area (Å²) in [5.41, 5.74) is 3.97. The van der Waals surface area contributed by atoms with Gasteiger partial charge in [-0.05, 0) is 91.0 Å². The Bertz CT molecular complexity index is 937. The van der Waals surface area contributed by atoms with Crippen LogP contribution in [0.1, 0.15) is 81.9 Å². The Balaban J connectivity index is 0.00000126. The first kappa shape index (κ1) is 24.0. The summed E-state index contributed by atoms with van der Waals surface area (Å²) in [6.07, 6.45) is 6.91. The number of rotatable bonds is 6. The van der Waals surface area contributed by atoms with Gasteiger partial charge in [0.25, 0.3) is 0 Å². The Morgan fingerprint density at radius 1 is 1.09 bits per heavy atom. The van der Waals surface area contributed by atoms with E-state index in [1.807, 2.05) is 32.0 Å². The van der Waals surface area contributed by atoms with Gasteiger partial charge in [0.05, 0.1) is 0 Å². The fourth-order valence-corrected chi connectivity index (χ4v) is 7.07. The number of hydrogen-bond acceptors (Lipinski definition) is 3. The molecule has 0 bridgehead atoms. The largest absolute Gasteiger partial charge is 0.489 e. The summed E-state index contributed by atoms with van der Waals surface area (Å²) < 4.78 is 6.09. The molecule has 0 saturated heterocycles. The van der Waals surface area contributed by atoms with Crippen molar-refractivity contribution in [3.63, 3.8) is 0 Å². The molecule has 5 atom stereocenters. The maximum Gasteiger partial charge on any atom is 0.139 e. The number of carbonyl (C=O) groups is 1. The minimum Gasteiger partial charge on any atom is -0.489 e. The maximum absolute atomic E-state index is 13.0. The van der Waals surface area contributed by atoms with Crippen LogP contribution in [0.5, 0.6) is 5.75 Å². The van der Waals surface area contributed by atoms with Gasteiger partial charge >= 0.3 is 0 Å². The lowest BCUT2D eigenvalue weighted by Gasteiger charge is -2.50. The van der Waals surface area contributed by atoms with Crippen molar-refractivity contribution in [2.24, 2.45) is 23.2 Å². The monoisotopic (exact) mass is 448 g/mol. The van der Waals surface area contributed by atoms with E-state index in [1.165, 1.54) is 23.1 Å². The molecule has 5 unspecified atom stereocenters. The topological polar surface area (TPSA) is 46.5 Å². The molecule has 2 aromatic carbocycles. The van der Waals surface area contributed by atoms with E-state index in [4.69, 9.17) is 4.74 Å². The Morgan fingerprint density at radius 3 is 2.64 bits per heavy atom. The van der Waals surface area contributed by atoms with Crippen LogP contribution in [0.4, 0.5) is 0 Å². The highest BCUT2D eigenvalue weighted by molar-refractivity contribution is 5.87. The van der Waals surface area contributed by atoms with Crippen molar-refractivity contribution < 1.29 is 14.6 Å². The second-order valence-electron chi connectivity index (χ2n) is 10.2. The number of ether oxygens (including phenoxy) is 1. The molecule has 0 spiro atoms. The van der Waals surface area contributed by atoms with E-state index in [-0.39, 0.29) is 12.0 Å². The number of aliphatic hydroxyl groups is 1. The lowest BCUT2D eigenvalue weighted by Crippen LogP contribution is -2.44. The van der Waals surface area contributed by atoms with E-state index in [2.05, 4.69) is 37.3 Å². The van der Waals surface area contributed by atoms with Gasteiger partial charge in [-0.15, -0.1) is 0 Å². The van der Waals surface area contributed by atoms with Crippen LogP contribution in [0.3, 0.4) is 0 Å². The Morgan fingerprint density at radius 2 is 1.88 bits per heavy atom. The fraction of sp³-hybridized carbons (Fsp3) is 0.567. The molecule has 178 valence electrons. The number of hydrogen-bond donors (Lipinski definition) is 1. The standard InChI is InChI=1S/C28H34O3.C2H6/c1-28-14-13-24-23-12-10-22(31-18-19-6-3-2-4-7-19)16-20(23)9-11-25(24)27(28)21(8-5-15-29)17-26(28)30;1-2/h2-4,6-7,10,12,16,21,24-25,27,29H,5,8-9,11,13-15,17-18H2,1H3;1-2H3. The van der Waals surface area contributed by atoms with Gasteiger partial charge in [0, 0.05) is 18.4 Å². The number of carbonyl (C=O) groups excluding carboxylic acids is 1. The Kier molecular flexibility index (Phi) is 7.58. The van der Waals surface area contributed by atoms with Crippen molar-refractivity contribution in [3.8, 4) is 5.75 Å². The van der Waals surface area contributed by atoms with Crippen LogP contribution in [0.25, 0.3) is 0 Å². The minimum absolute atomic E-state index is 0.141. The van der Waals surface area contributed by atoms with E-state index in [0.717, 1.165) is 44.3 Å². The van der Waals surface area contributed by atoms with Crippen molar-refractivity contribution in [3.05, 3.63) is 65.2 Å². The Labute approximate surface area is 199 Å². The molecule has 2 fully saturated rings. The van der Waals surface area contributed by atoms with E-state index >= 15 is 0 Å². The summed E-state index contributed by atoms with van der Waals surface area (Å²) >= 11 is 0. The van der Waals surface area contributed by atoms with Crippen LogP contribution >= 0.6 is 0 Å². The predicted molar refractivity (Wildman–Crippen MR) is 133 cm³/mol. The molecular formula is C30H40O3. The van der Waals surface area contributed by atoms with Gasteiger partial charge in [0.1, 0.15) is 18.1 Å². The summed E-state index contributed by atoms with van der Waals surface area (Å²) in [6, 6.07) is 17.0. The van der Waals surface area contributed by atoms with Crippen LogP contribution in [0, 0.1) is 23.2 Å². The van der Waals surface area contributed by atoms with Gasteiger partial charge in [-0.3, -0.25) is 4.79 Å². The zero-order valence-corrected chi connectivity index (χ0v) is 20.6. The van der Waals surface area contributed by atoms with Gasteiger partial charge in [0.2, 0.25) is 0 Å². The highest BCUT2D eigenvalue weighted by Gasteiger charge is 2.58. The molecule has 0 radical (unpaired) electrons. The quantitative estimate of drug-likeness (QED) is 0.534. The highest BCUT2D eigenvalue weighted by atomic mass is 16.5. The zero-order chi connectivity index (χ0) is 23.4. The third-order valence-corrected chi connectivity index (χ3v) is 8.52. The lowest BCUT2D eigenvalue weighted by molar-refractivity contribution is -0.129. The smallest absolute Gasteiger partial charge is 0.139 e. The summed E-state index contributed by atoms with van der Waals surface area (Å²) in [7, 11) is 0. The normalized spacial score (nSPS) is 29.9. The van der Waals surface area contributed by atoms with Crippen molar-refractivity contribution >= 4 is 5.78 Å². The zero-order valence-electron chi connectivity index (χ0n) is 20.6. The molecule has 3 nitrogen and oxygen atoms in total. The summed E-state index contributed by atoms with van der Waals surface area (Å²) in [4.78, 5) is 13.0. The molecule has 0 aromatic heterocycles. The van der Waals surface area contributed by atoms with Gasteiger partial charge in [-0.1, -0.05) is 57.2 Å². The molecule has 0 amide bonds. The first-order valence-electron chi connectivity index (χ1n) is 13.0. The van der Waals surface area contributed by atoms with Crippen molar-refractivity contribution in [2.45, 2.75) is 78.2 Å². The third-order valence-electron chi connectivity index (χ3n) is 8.52. The molecule has 5 rings (SSSR count). The number of aliphatic hydroxyl groups excluding tert-OH is 1. The van der Waals surface area contributed by atoms with E-state index in [9.17, 15) is 9.90 Å². The summed E-state index contributed by atoms with van der Waals surface area (Å²) in [6.45, 7) is 7.07. The van der Waals surface area contributed by atoms with E-state index < -0.39 is 0 Å². The van der Waals surface area contributed by atoms with E-state index in [1.54, 1.807) is 0 Å². The lowest BCUT2D eigenvalue weighted by atomic mass is 9.54. The summed E-state index contributed by atoms with van der Waals surface area (Å²) in [5, 5.41) is 9.36. The van der Waals surface area contributed by atoms with E-state index in [0.29, 0.717) is 36.1 Å². The van der Waals surface area contributed by atoms with Gasteiger partial charge in [-0.25, -0.2) is 0 Å². The molecule has 3 aliphatic carbocycles. The third kappa shape index (κ3) is 4.62. The van der Waals surface area contributed by atoms with Crippen molar-refractivity contribution in [2.75, 3.05) is 6.61 Å². The van der Waals surface area contributed by atoms with Crippen molar-refractivity contribution in [1.82, 2.24) is 0 Å². The molecule has 3 aliphatic rings. The first-order chi connectivity index (χ1) is 16.1. The number of benzene rings is 2. The average Bonchev–Trinajstić information content (AvgIpc) is 3.12. The van der Waals surface area contributed by atoms with Crippen LogP contribution in [0.2, 0.25) is 0 Å². The van der Waals surface area contributed by atoms with Crippen LogP contribution < -0.4 is 4.74 Å². The molecule has 1 N–H and O–H groups in total. The predicted octanol–water partition coefficient (Wildman–Crippen LogP) is 6.72. The molecular weight excluding hydrogens is 408 g/mol. The summed E-state index contributed by atoms with van der Waals surface area (Å²) in [5.74, 6) is 3.53. The second kappa shape index (κ2) is 10.4. The fourth-order valence-electron chi connectivity index (χ4n) is 7.07. The van der Waals surface area contributed by atoms with Crippen LogP contribution in [-0.2, 0) is 17.8 Å². The van der Waals surface area contributed by atoms with Gasteiger partial charge in [-0.2, -0.15) is 0 Å². The number of aryl methyl sites for hydroxylation is 1.